The second-order valence-corrected chi connectivity index (χ2v) is 7.84. The molecule has 0 aromatic heterocycles. The van der Waals surface area contributed by atoms with Crippen molar-refractivity contribution in [2.24, 2.45) is 0 Å². The Hall–Kier alpha value is -3.12. The SMILES string of the molecule is CC[NH+](CC)CCN1C(=O)C(=O)C(=C(O)c2ccc(OC)cc2)[C@@H]1c1ccc(C)cc1. The first-order chi connectivity index (χ1) is 14.9. The van der Waals surface area contributed by atoms with Crippen LogP contribution in [0, 0.1) is 6.92 Å². The predicted molar refractivity (Wildman–Crippen MR) is 120 cm³/mol. The number of quaternary nitrogens is 1. The highest BCUT2D eigenvalue weighted by molar-refractivity contribution is 6.46. The van der Waals surface area contributed by atoms with E-state index in [1.165, 1.54) is 4.90 Å². The Labute approximate surface area is 183 Å². The van der Waals surface area contributed by atoms with E-state index in [1.54, 1.807) is 36.3 Å². The molecule has 3 rings (SSSR count). The van der Waals surface area contributed by atoms with Crippen LogP contribution in [-0.4, -0.2) is 55.0 Å². The molecule has 164 valence electrons. The number of likely N-dealkylation sites (tertiary alicyclic amines) is 1. The lowest BCUT2D eigenvalue weighted by Crippen LogP contribution is -3.12. The second kappa shape index (κ2) is 9.79. The number of likely N-dealkylation sites (N-methyl/N-ethyl adjacent to an activating group) is 1. The molecule has 1 aliphatic heterocycles. The maximum absolute atomic E-state index is 13.0. The number of hydrogen-bond acceptors (Lipinski definition) is 4. The van der Waals surface area contributed by atoms with Crippen LogP contribution in [0.1, 0.15) is 36.6 Å². The third-order valence-corrected chi connectivity index (χ3v) is 6.00. The number of nitrogens with one attached hydrogen (secondary N) is 1. The first-order valence-electron chi connectivity index (χ1n) is 10.7. The number of ether oxygens (including phenoxy) is 1. The van der Waals surface area contributed by atoms with E-state index in [4.69, 9.17) is 4.74 Å². The van der Waals surface area contributed by atoms with Gasteiger partial charge < -0.3 is 19.6 Å². The van der Waals surface area contributed by atoms with Crippen molar-refractivity contribution < 1.29 is 24.3 Å². The number of methoxy groups -OCH3 is 1. The number of aliphatic hydroxyl groups excluding tert-OH is 1. The molecule has 1 saturated heterocycles. The highest BCUT2D eigenvalue weighted by atomic mass is 16.5. The van der Waals surface area contributed by atoms with Crippen molar-refractivity contribution in [3.8, 4) is 5.75 Å². The molecule has 1 atom stereocenters. The van der Waals surface area contributed by atoms with Crippen LogP contribution in [0.4, 0.5) is 0 Å². The van der Waals surface area contributed by atoms with Crippen molar-refractivity contribution >= 4 is 17.4 Å². The fourth-order valence-electron chi connectivity index (χ4n) is 3.99. The molecule has 0 radical (unpaired) electrons. The number of aliphatic hydroxyl groups is 1. The number of aryl methyl sites for hydroxylation is 1. The first kappa shape index (κ1) is 22.6. The van der Waals surface area contributed by atoms with E-state index in [-0.39, 0.29) is 11.3 Å². The van der Waals surface area contributed by atoms with E-state index in [2.05, 4.69) is 13.8 Å². The van der Waals surface area contributed by atoms with Gasteiger partial charge in [-0.25, -0.2) is 0 Å². The lowest BCUT2D eigenvalue weighted by molar-refractivity contribution is -0.895. The fourth-order valence-corrected chi connectivity index (χ4v) is 3.99. The van der Waals surface area contributed by atoms with E-state index in [1.807, 2.05) is 31.2 Å². The summed E-state index contributed by atoms with van der Waals surface area (Å²) in [6, 6.07) is 14.0. The van der Waals surface area contributed by atoms with Crippen molar-refractivity contribution in [2.45, 2.75) is 26.8 Å². The highest BCUT2D eigenvalue weighted by Gasteiger charge is 2.46. The summed E-state index contributed by atoms with van der Waals surface area (Å²) in [7, 11) is 1.57. The summed E-state index contributed by atoms with van der Waals surface area (Å²) in [6.07, 6.45) is 0. The molecule has 2 aromatic rings. The largest absolute Gasteiger partial charge is 0.507 e. The molecule has 2 aromatic carbocycles. The minimum absolute atomic E-state index is 0.133. The molecule has 0 unspecified atom stereocenters. The van der Waals surface area contributed by atoms with Crippen molar-refractivity contribution in [1.82, 2.24) is 4.90 Å². The van der Waals surface area contributed by atoms with Crippen LogP contribution in [0.25, 0.3) is 5.76 Å². The third kappa shape index (κ3) is 4.64. The van der Waals surface area contributed by atoms with Crippen molar-refractivity contribution in [1.29, 1.82) is 0 Å². The molecule has 0 aliphatic carbocycles. The molecule has 31 heavy (non-hydrogen) atoms. The number of ketones is 1. The summed E-state index contributed by atoms with van der Waals surface area (Å²) < 4.78 is 5.18. The van der Waals surface area contributed by atoms with Crippen molar-refractivity contribution in [3.05, 3.63) is 70.8 Å². The van der Waals surface area contributed by atoms with Gasteiger partial charge in [-0.15, -0.1) is 0 Å². The Morgan fingerprint density at radius 3 is 2.19 bits per heavy atom. The summed E-state index contributed by atoms with van der Waals surface area (Å²) in [6.45, 7) is 9.28. The normalized spacial score (nSPS) is 18.1. The molecule has 1 heterocycles. The molecule has 0 bridgehead atoms. The molecule has 1 amide bonds. The summed E-state index contributed by atoms with van der Waals surface area (Å²) in [5.41, 5.74) is 2.51. The molecule has 0 spiro atoms. The van der Waals surface area contributed by atoms with Gasteiger partial charge in [-0.3, -0.25) is 9.59 Å². The van der Waals surface area contributed by atoms with Gasteiger partial charge >= 0.3 is 0 Å². The topological polar surface area (TPSA) is 71.3 Å². The van der Waals surface area contributed by atoms with Crippen molar-refractivity contribution in [2.75, 3.05) is 33.3 Å². The number of rotatable bonds is 8. The Kier molecular flexibility index (Phi) is 7.13. The van der Waals surface area contributed by atoms with Gasteiger partial charge in [0, 0.05) is 5.56 Å². The number of benzene rings is 2. The smallest absolute Gasteiger partial charge is 0.295 e. The molecular weight excluding hydrogens is 392 g/mol. The van der Waals surface area contributed by atoms with Crippen LogP contribution < -0.4 is 9.64 Å². The number of nitrogens with zero attached hydrogens (tertiary/aromatic N) is 1. The first-order valence-corrected chi connectivity index (χ1v) is 10.7. The average Bonchev–Trinajstić information content (AvgIpc) is 3.05. The Morgan fingerprint density at radius 2 is 1.65 bits per heavy atom. The molecule has 2 N–H and O–H groups in total. The molecule has 1 aliphatic rings. The molecule has 6 heteroatoms. The molecule has 0 saturated carbocycles. The van der Waals surface area contributed by atoms with Crippen LogP contribution in [0.3, 0.4) is 0 Å². The standard InChI is InChI=1S/C25H30N2O4/c1-5-26(6-2)15-16-27-22(18-9-7-17(3)8-10-18)21(24(29)25(27)30)23(28)19-11-13-20(31-4)14-12-19/h7-14,22,28H,5-6,15-16H2,1-4H3/p+1/t22-/m0/s1. The van der Waals surface area contributed by atoms with Crippen LogP contribution >= 0.6 is 0 Å². The zero-order chi connectivity index (χ0) is 22.5. The van der Waals surface area contributed by atoms with Gasteiger partial charge in [-0.05, 0) is 50.6 Å². The average molecular weight is 424 g/mol. The number of amides is 1. The van der Waals surface area contributed by atoms with Gasteiger partial charge in [0.1, 0.15) is 11.5 Å². The second-order valence-electron chi connectivity index (χ2n) is 7.84. The summed E-state index contributed by atoms with van der Waals surface area (Å²) in [4.78, 5) is 29.0. The van der Waals surface area contributed by atoms with Gasteiger partial charge in [0.2, 0.25) is 0 Å². The van der Waals surface area contributed by atoms with E-state index in [9.17, 15) is 14.7 Å². The maximum atomic E-state index is 13.0. The van der Waals surface area contributed by atoms with E-state index < -0.39 is 17.7 Å². The number of carbonyl (C=O) groups is 2. The zero-order valence-electron chi connectivity index (χ0n) is 18.6. The maximum Gasteiger partial charge on any atom is 0.295 e. The fraction of sp³-hybridized carbons (Fsp3) is 0.360. The highest BCUT2D eigenvalue weighted by Crippen LogP contribution is 2.39. The van der Waals surface area contributed by atoms with E-state index in [0.29, 0.717) is 17.9 Å². The minimum atomic E-state index is -0.645. The van der Waals surface area contributed by atoms with Crippen LogP contribution in [0.15, 0.2) is 54.1 Å². The van der Waals surface area contributed by atoms with Gasteiger partial charge in [-0.1, -0.05) is 29.8 Å². The lowest BCUT2D eigenvalue weighted by Gasteiger charge is -2.27. The molecule has 6 nitrogen and oxygen atoms in total. The summed E-state index contributed by atoms with van der Waals surface area (Å²) >= 11 is 0. The van der Waals surface area contributed by atoms with E-state index in [0.717, 1.165) is 30.8 Å². The number of Topliss-reactive ketones (excluding diaryl/α,β-unsaturated/α-hetero) is 1. The quantitative estimate of drug-likeness (QED) is 0.389. The van der Waals surface area contributed by atoms with Crippen LogP contribution in [0.5, 0.6) is 5.75 Å². The monoisotopic (exact) mass is 423 g/mol. The summed E-state index contributed by atoms with van der Waals surface area (Å²) in [5, 5.41) is 11.1. The third-order valence-electron chi connectivity index (χ3n) is 6.00. The van der Waals surface area contributed by atoms with Gasteiger partial charge in [0.25, 0.3) is 11.7 Å². The van der Waals surface area contributed by atoms with Crippen LogP contribution in [0.2, 0.25) is 0 Å². The Morgan fingerprint density at radius 1 is 1.03 bits per heavy atom. The van der Waals surface area contributed by atoms with Crippen molar-refractivity contribution in [3.63, 3.8) is 0 Å². The Bertz CT molecular complexity index is 960. The Balaban J connectivity index is 2.07. The van der Waals surface area contributed by atoms with Gasteiger partial charge in [-0.2, -0.15) is 0 Å². The minimum Gasteiger partial charge on any atom is -0.507 e. The molecular formula is C25H31N2O4+. The van der Waals surface area contributed by atoms with Gasteiger partial charge in [0.05, 0.1) is 44.9 Å². The van der Waals surface area contributed by atoms with Gasteiger partial charge in [0.15, 0.2) is 0 Å². The van der Waals surface area contributed by atoms with E-state index >= 15 is 0 Å². The van der Waals surface area contributed by atoms with Crippen LogP contribution in [-0.2, 0) is 9.59 Å². The zero-order valence-corrected chi connectivity index (χ0v) is 18.6. The summed E-state index contributed by atoms with van der Waals surface area (Å²) in [5.74, 6) is -0.723. The lowest BCUT2D eigenvalue weighted by atomic mass is 9.94. The number of hydrogen-bond donors (Lipinski definition) is 2. The number of carbonyl (C=O) groups excluding carboxylic acids is 2. The predicted octanol–water partition coefficient (Wildman–Crippen LogP) is 2.35. The molecule has 1 fully saturated rings.